The van der Waals surface area contributed by atoms with Gasteiger partial charge in [-0.15, -0.1) is 16.4 Å². The Morgan fingerprint density at radius 1 is 1.38 bits per heavy atom. The van der Waals surface area contributed by atoms with Gasteiger partial charge in [-0.05, 0) is 61.4 Å². The SMILES string of the molecule is C[C@@H](Sc1nnnn1C1CC1)C(=O)Nc1sc2c(c1C#N)CCCCC2. The summed E-state index contributed by atoms with van der Waals surface area (Å²) < 4.78 is 1.81. The van der Waals surface area contributed by atoms with E-state index in [0.29, 0.717) is 21.8 Å². The van der Waals surface area contributed by atoms with E-state index in [1.54, 1.807) is 11.3 Å². The molecule has 7 nitrogen and oxygen atoms in total. The van der Waals surface area contributed by atoms with Gasteiger partial charge in [-0.25, -0.2) is 4.68 Å². The molecule has 4 rings (SSSR count). The Kier molecular flexibility index (Phi) is 4.96. The fourth-order valence-corrected chi connectivity index (χ4v) is 5.29. The van der Waals surface area contributed by atoms with E-state index in [-0.39, 0.29) is 11.2 Å². The Morgan fingerprint density at radius 2 is 2.19 bits per heavy atom. The maximum atomic E-state index is 12.7. The van der Waals surface area contributed by atoms with E-state index in [1.165, 1.54) is 23.1 Å². The largest absolute Gasteiger partial charge is 0.316 e. The number of fused-ring (bicyclic) bond motifs is 1. The maximum absolute atomic E-state index is 12.7. The maximum Gasteiger partial charge on any atom is 0.238 e. The molecule has 2 aromatic rings. The van der Waals surface area contributed by atoms with Crippen molar-refractivity contribution in [2.75, 3.05) is 5.32 Å². The number of anilines is 1. The normalized spacial score (nSPS) is 17.8. The molecular weight excluding hydrogens is 368 g/mol. The van der Waals surface area contributed by atoms with E-state index in [2.05, 4.69) is 26.9 Å². The Labute approximate surface area is 160 Å². The molecule has 0 bridgehead atoms. The number of hydrogen-bond donors (Lipinski definition) is 1. The summed E-state index contributed by atoms with van der Waals surface area (Å²) in [5.74, 6) is -0.117. The minimum atomic E-state index is -0.341. The van der Waals surface area contributed by atoms with E-state index in [0.717, 1.165) is 44.1 Å². The van der Waals surface area contributed by atoms with Crippen LogP contribution in [0.15, 0.2) is 5.16 Å². The number of tetrazole rings is 1. The zero-order chi connectivity index (χ0) is 18.1. The van der Waals surface area contributed by atoms with Crippen molar-refractivity contribution < 1.29 is 4.79 Å². The van der Waals surface area contributed by atoms with Crippen LogP contribution in [0.4, 0.5) is 5.00 Å². The van der Waals surface area contributed by atoms with Gasteiger partial charge in [-0.2, -0.15) is 5.26 Å². The monoisotopic (exact) mass is 388 g/mol. The first-order valence-electron chi connectivity index (χ1n) is 8.97. The van der Waals surface area contributed by atoms with Gasteiger partial charge in [0.1, 0.15) is 11.1 Å². The van der Waals surface area contributed by atoms with Gasteiger partial charge in [-0.1, -0.05) is 18.2 Å². The molecule has 0 aliphatic heterocycles. The Morgan fingerprint density at radius 3 is 2.96 bits per heavy atom. The van der Waals surface area contributed by atoms with Crippen LogP contribution in [-0.2, 0) is 17.6 Å². The first-order valence-corrected chi connectivity index (χ1v) is 10.7. The average Bonchev–Trinajstić information content (AvgIpc) is 3.35. The third kappa shape index (κ3) is 3.48. The Balaban J connectivity index is 1.47. The molecule has 0 unspecified atom stereocenters. The number of carbonyl (C=O) groups excluding carboxylic acids is 1. The molecular formula is C17H20N6OS2. The smallest absolute Gasteiger partial charge is 0.238 e. The van der Waals surface area contributed by atoms with Crippen LogP contribution in [0.1, 0.15) is 61.1 Å². The third-order valence-electron chi connectivity index (χ3n) is 4.78. The number of thiophene rings is 1. The summed E-state index contributed by atoms with van der Waals surface area (Å²) in [6.45, 7) is 1.84. The summed E-state index contributed by atoms with van der Waals surface area (Å²) in [4.78, 5) is 13.9. The van der Waals surface area contributed by atoms with E-state index in [9.17, 15) is 10.1 Å². The molecule has 2 aliphatic carbocycles. The zero-order valence-corrected chi connectivity index (χ0v) is 16.2. The van der Waals surface area contributed by atoms with Gasteiger partial charge < -0.3 is 5.32 Å². The highest BCUT2D eigenvalue weighted by Gasteiger charge is 2.30. The van der Waals surface area contributed by atoms with E-state index in [1.807, 2.05) is 11.6 Å². The molecule has 26 heavy (non-hydrogen) atoms. The minimum absolute atomic E-state index is 0.117. The Bertz CT molecular complexity index is 863. The molecule has 1 amide bonds. The fraction of sp³-hybridized carbons (Fsp3) is 0.588. The molecule has 0 spiro atoms. The molecule has 2 heterocycles. The molecule has 136 valence electrons. The predicted octanol–water partition coefficient (Wildman–Crippen LogP) is 3.33. The van der Waals surface area contributed by atoms with Crippen molar-refractivity contribution in [3.05, 3.63) is 16.0 Å². The van der Waals surface area contributed by atoms with Crippen molar-refractivity contribution in [2.45, 2.75) is 68.3 Å². The second kappa shape index (κ2) is 7.37. The number of thioether (sulfide) groups is 1. The molecule has 0 radical (unpaired) electrons. The number of hydrogen-bond acceptors (Lipinski definition) is 7. The van der Waals surface area contributed by atoms with Crippen LogP contribution in [0.25, 0.3) is 0 Å². The molecule has 0 saturated heterocycles. The van der Waals surface area contributed by atoms with Gasteiger partial charge in [0.2, 0.25) is 11.1 Å². The fourth-order valence-electron chi connectivity index (χ4n) is 3.19. The number of carbonyl (C=O) groups is 1. The van der Waals surface area contributed by atoms with Crippen molar-refractivity contribution in [2.24, 2.45) is 0 Å². The third-order valence-corrected chi connectivity index (χ3v) is 7.03. The zero-order valence-electron chi connectivity index (χ0n) is 14.6. The van der Waals surface area contributed by atoms with Gasteiger partial charge in [0.25, 0.3) is 0 Å². The van der Waals surface area contributed by atoms with Crippen LogP contribution in [0, 0.1) is 11.3 Å². The predicted molar refractivity (Wildman–Crippen MR) is 100 cm³/mol. The number of rotatable bonds is 5. The molecule has 2 aliphatic rings. The van der Waals surface area contributed by atoms with Crippen LogP contribution in [0.5, 0.6) is 0 Å². The number of nitrogens with one attached hydrogen (secondary N) is 1. The molecule has 1 saturated carbocycles. The van der Waals surface area contributed by atoms with Crippen LogP contribution < -0.4 is 5.32 Å². The second-order valence-electron chi connectivity index (χ2n) is 6.77. The van der Waals surface area contributed by atoms with Crippen molar-refractivity contribution >= 4 is 34.0 Å². The van der Waals surface area contributed by atoms with Gasteiger partial charge in [0.05, 0.1) is 16.9 Å². The van der Waals surface area contributed by atoms with Gasteiger partial charge in [0, 0.05) is 4.88 Å². The topological polar surface area (TPSA) is 96.5 Å². The lowest BCUT2D eigenvalue weighted by molar-refractivity contribution is -0.115. The molecule has 1 N–H and O–H groups in total. The minimum Gasteiger partial charge on any atom is -0.316 e. The summed E-state index contributed by atoms with van der Waals surface area (Å²) in [7, 11) is 0. The first-order chi connectivity index (χ1) is 12.7. The van der Waals surface area contributed by atoms with Gasteiger partial charge >= 0.3 is 0 Å². The molecule has 0 aromatic carbocycles. The quantitative estimate of drug-likeness (QED) is 0.623. The van der Waals surface area contributed by atoms with Crippen molar-refractivity contribution in [1.29, 1.82) is 5.26 Å². The summed E-state index contributed by atoms with van der Waals surface area (Å²) in [6.07, 6.45) is 7.59. The number of aromatic nitrogens is 4. The first kappa shape index (κ1) is 17.5. The van der Waals surface area contributed by atoms with E-state index in [4.69, 9.17) is 0 Å². The molecule has 2 aromatic heterocycles. The number of aryl methyl sites for hydroxylation is 1. The highest BCUT2D eigenvalue weighted by molar-refractivity contribution is 8.00. The number of nitrogens with zero attached hydrogens (tertiary/aromatic N) is 5. The highest BCUT2D eigenvalue weighted by atomic mass is 32.2. The number of amides is 1. The number of nitriles is 1. The lowest BCUT2D eigenvalue weighted by atomic mass is 10.1. The van der Waals surface area contributed by atoms with Crippen molar-refractivity contribution in [3.8, 4) is 6.07 Å². The van der Waals surface area contributed by atoms with Crippen LogP contribution >= 0.6 is 23.1 Å². The summed E-state index contributed by atoms with van der Waals surface area (Å²) in [5, 5.41) is 25.4. The van der Waals surface area contributed by atoms with Crippen molar-refractivity contribution in [1.82, 2.24) is 20.2 Å². The molecule has 9 heteroatoms. The summed E-state index contributed by atoms with van der Waals surface area (Å²) in [5.41, 5.74) is 1.79. The lowest BCUT2D eigenvalue weighted by Crippen LogP contribution is -2.23. The standard InChI is InChI=1S/C17H20N6OS2/c1-10(25-17-20-21-22-23(17)11-7-8-11)15(24)19-16-13(9-18)12-5-3-2-4-6-14(12)26-16/h10-11H,2-8H2,1H3,(H,19,24)/t10-/m1/s1. The average molecular weight is 389 g/mol. The van der Waals surface area contributed by atoms with Crippen LogP contribution in [-0.4, -0.2) is 31.4 Å². The second-order valence-corrected chi connectivity index (χ2v) is 9.18. The summed E-state index contributed by atoms with van der Waals surface area (Å²) in [6, 6.07) is 2.68. The van der Waals surface area contributed by atoms with Crippen molar-refractivity contribution in [3.63, 3.8) is 0 Å². The van der Waals surface area contributed by atoms with Gasteiger partial charge in [0.15, 0.2) is 0 Å². The van der Waals surface area contributed by atoms with E-state index < -0.39 is 0 Å². The summed E-state index contributed by atoms with van der Waals surface area (Å²) >= 11 is 2.92. The van der Waals surface area contributed by atoms with Crippen LogP contribution in [0.2, 0.25) is 0 Å². The Hall–Kier alpha value is -1.92. The van der Waals surface area contributed by atoms with Crippen LogP contribution in [0.3, 0.4) is 0 Å². The van der Waals surface area contributed by atoms with Gasteiger partial charge in [-0.3, -0.25) is 4.79 Å². The molecule has 1 fully saturated rings. The lowest BCUT2D eigenvalue weighted by Gasteiger charge is -2.11. The molecule has 1 atom stereocenters. The highest BCUT2D eigenvalue weighted by Crippen LogP contribution is 2.39. The van der Waals surface area contributed by atoms with E-state index >= 15 is 0 Å².